The third-order valence-corrected chi connectivity index (χ3v) is 4.82. The number of anilines is 3. The molecule has 1 saturated carbocycles. The lowest BCUT2D eigenvalue weighted by Crippen LogP contribution is -2.35. The van der Waals surface area contributed by atoms with E-state index < -0.39 is 5.41 Å². The summed E-state index contributed by atoms with van der Waals surface area (Å²) in [7, 11) is 3.89. The number of halogens is 2. The van der Waals surface area contributed by atoms with Gasteiger partial charge in [0.15, 0.2) is 0 Å². The van der Waals surface area contributed by atoms with Crippen LogP contribution in [0.25, 0.3) is 0 Å². The van der Waals surface area contributed by atoms with Crippen molar-refractivity contribution in [1.29, 1.82) is 0 Å². The van der Waals surface area contributed by atoms with E-state index in [9.17, 15) is 9.59 Å². The van der Waals surface area contributed by atoms with Gasteiger partial charge >= 0.3 is 0 Å². The summed E-state index contributed by atoms with van der Waals surface area (Å²) in [6.45, 7) is 0. The van der Waals surface area contributed by atoms with Gasteiger partial charge in [0, 0.05) is 41.2 Å². The molecule has 1 aliphatic rings. The molecule has 26 heavy (non-hydrogen) atoms. The summed E-state index contributed by atoms with van der Waals surface area (Å²) in [5, 5.41) is 6.41. The highest BCUT2D eigenvalue weighted by Crippen LogP contribution is 2.47. The second kappa shape index (κ2) is 7.17. The average molecular weight is 392 g/mol. The van der Waals surface area contributed by atoms with E-state index in [1.165, 1.54) is 0 Å². The fourth-order valence-corrected chi connectivity index (χ4v) is 3.18. The van der Waals surface area contributed by atoms with E-state index in [-0.39, 0.29) is 11.8 Å². The molecule has 0 atom stereocenters. The van der Waals surface area contributed by atoms with Crippen molar-refractivity contribution in [3.63, 3.8) is 0 Å². The van der Waals surface area contributed by atoms with Crippen molar-refractivity contribution in [2.45, 2.75) is 12.8 Å². The van der Waals surface area contributed by atoms with E-state index in [0.29, 0.717) is 34.3 Å². The van der Waals surface area contributed by atoms with Crippen LogP contribution in [-0.2, 0) is 9.59 Å². The number of hydrogen-bond acceptors (Lipinski definition) is 3. The smallest absolute Gasteiger partial charge is 0.240 e. The second-order valence-electron chi connectivity index (χ2n) is 6.59. The molecule has 1 fully saturated rings. The molecule has 2 N–H and O–H groups in total. The summed E-state index contributed by atoms with van der Waals surface area (Å²) in [6, 6.07) is 12.2. The van der Waals surface area contributed by atoms with Gasteiger partial charge in [0.2, 0.25) is 11.8 Å². The minimum Gasteiger partial charge on any atom is -0.378 e. The number of rotatable bonds is 5. The minimum absolute atomic E-state index is 0.305. The SMILES string of the molecule is CN(C)c1ccc(NC(=O)C2(C(=O)Nc3cc(Cl)cc(Cl)c3)CC2)cc1. The molecule has 5 nitrogen and oxygen atoms in total. The van der Waals surface area contributed by atoms with Crippen LogP contribution in [0, 0.1) is 5.41 Å². The lowest BCUT2D eigenvalue weighted by molar-refractivity contribution is -0.131. The molecule has 1 aliphatic carbocycles. The first-order valence-corrected chi connectivity index (χ1v) is 8.92. The topological polar surface area (TPSA) is 61.4 Å². The third kappa shape index (κ3) is 3.94. The molecule has 3 rings (SSSR count). The predicted octanol–water partition coefficient (Wildman–Crippen LogP) is 4.42. The van der Waals surface area contributed by atoms with Crippen molar-refractivity contribution in [3.05, 3.63) is 52.5 Å². The maximum absolute atomic E-state index is 12.6. The summed E-state index contributed by atoms with van der Waals surface area (Å²) >= 11 is 11.9. The van der Waals surface area contributed by atoms with Crippen LogP contribution < -0.4 is 15.5 Å². The summed E-state index contributed by atoms with van der Waals surface area (Å²) in [6.07, 6.45) is 1.02. The zero-order chi connectivity index (χ0) is 18.9. The quantitative estimate of drug-likeness (QED) is 0.741. The molecule has 2 aromatic rings. The molecule has 0 radical (unpaired) electrons. The van der Waals surface area contributed by atoms with Crippen molar-refractivity contribution in [2.24, 2.45) is 5.41 Å². The van der Waals surface area contributed by atoms with Gasteiger partial charge < -0.3 is 15.5 Å². The molecule has 0 aliphatic heterocycles. The van der Waals surface area contributed by atoms with Gasteiger partial charge in [-0.15, -0.1) is 0 Å². The van der Waals surface area contributed by atoms with Crippen LogP contribution in [0.1, 0.15) is 12.8 Å². The van der Waals surface area contributed by atoms with Gasteiger partial charge in [-0.25, -0.2) is 0 Å². The van der Waals surface area contributed by atoms with Gasteiger partial charge in [-0.3, -0.25) is 9.59 Å². The van der Waals surface area contributed by atoms with Gasteiger partial charge in [-0.1, -0.05) is 23.2 Å². The molecule has 0 heterocycles. The first kappa shape index (κ1) is 18.5. The van der Waals surface area contributed by atoms with Crippen LogP contribution >= 0.6 is 23.2 Å². The minimum atomic E-state index is -1.05. The standard InChI is InChI=1S/C19H19Cl2N3O2/c1-24(2)16-5-3-14(4-6-16)22-17(25)19(7-8-19)18(26)23-15-10-12(20)9-13(21)11-15/h3-6,9-11H,7-8H2,1-2H3,(H,22,25)(H,23,26). The van der Waals surface area contributed by atoms with Crippen molar-refractivity contribution >= 4 is 52.1 Å². The van der Waals surface area contributed by atoms with E-state index in [4.69, 9.17) is 23.2 Å². The lowest BCUT2D eigenvalue weighted by atomic mass is 10.0. The number of hydrogen-bond donors (Lipinski definition) is 2. The van der Waals surface area contributed by atoms with Crippen molar-refractivity contribution in [3.8, 4) is 0 Å². The van der Waals surface area contributed by atoms with Crippen LogP contribution in [-0.4, -0.2) is 25.9 Å². The molecular weight excluding hydrogens is 373 g/mol. The molecule has 0 unspecified atom stereocenters. The molecule has 0 saturated heterocycles. The highest BCUT2D eigenvalue weighted by Gasteiger charge is 2.56. The number of benzene rings is 2. The molecule has 136 valence electrons. The Morgan fingerprint density at radius 3 is 1.85 bits per heavy atom. The van der Waals surface area contributed by atoms with Crippen molar-refractivity contribution in [2.75, 3.05) is 29.6 Å². The van der Waals surface area contributed by atoms with Crippen LogP contribution in [0.5, 0.6) is 0 Å². The number of carbonyl (C=O) groups excluding carboxylic acids is 2. The molecule has 0 aromatic heterocycles. The van der Waals surface area contributed by atoms with E-state index in [1.807, 2.05) is 43.3 Å². The summed E-state index contributed by atoms with van der Waals surface area (Å²) in [4.78, 5) is 27.2. The Balaban J connectivity index is 1.69. The van der Waals surface area contributed by atoms with Gasteiger partial charge in [-0.05, 0) is 55.3 Å². The largest absolute Gasteiger partial charge is 0.378 e. The van der Waals surface area contributed by atoms with Gasteiger partial charge in [0.05, 0.1) is 0 Å². The fourth-order valence-electron chi connectivity index (χ4n) is 2.65. The monoisotopic (exact) mass is 391 g/mol. The van der Waals surface area contributed by atoms with Crippen molar-refractivity contribution < 1.29 is 9.59 Å². The average Bonchev–Trinajstić information content (AvgIpc) is 3.36. The maximum atomic E-state index is 12.6. The Labute approximate surface area is 162 Å². The molecule has 2 amide bonds. The summed E-state index contributed by atoms with van der Waals surface area (Å²) in [5.74, 6) is -0.654. The fraction of sp³-hybridized carbons (Fsp3) is 0.263. The van der Waals surface area contributed by atoms with Crippen LogP contribution in [0.3, 0.4) is 0 Å². The number of nitrogens with one attached hydrogen (secondary N) is 2. The maximum Gasteiger partial charge on any atom is 0.240 e. The number of carbonyl (C=O) groups is 2. The first-order chi connectivity index (χ1) is 12.3. The molecule has 7 heteroatoms. The predicted molar refractivity (Wildman–Crippen MR) is 106 cm³/mol. The molecule has 0 spiro atoms. The van der Waals surface area contributed by atoms with E-state index in [0.717, 1.165) is 5.69 Å². The van der Waals surface area contributed by atoms with E-state index in [1.54, 1.807) is 18.2 Å². The van der Waals surface area contributed by atoms with Crippen LogP contribution in [0.15, 0.2) is 42.5 Å². The first-order valence-electron chi connectivity index (χ1n) is 8.16. The molecule has 0 bridgehead atoms. The normalized spacial score (nSPS) is 14.5. The Bertz CT molecular complexity index is 826. The van der Waals surface area contributed by atoms with Crippen LogP contribution in [0.2, 0.25) is 10.0 Å². The van der Waals surface area contributed by atoms with Gasteiger partial charge in [0.1, 0.15) is 5.41 Å². The highest BCUT2D eigenvalue weighted by molar-refractivity contribution is 6.35. The lowest BCUT2D eigenvalue weighted by Gasteiger charge is -2.17. The summed E-state index contributed by atoms with van der Waals surface area (Å²) < 4.78 is 0. The number of amides is 2. The molecule has 2 aromatic carbocycles. The van der Waals surface area contributed by atoms with Gasteiger partial charge in [0.25, 0.3) is 0 Å². The zero-order valence-electron chi connectivity index (χ0n) is 14.5. The van der Waals surface area contributed by atoms with E-state index >= 15 is 0 Å². The Kier molecular flexibility index (Phi) is 5.12. The Hall–Kier alpha value is -2.24. The second-order valence-corrected chi connectivity index (χ2v) is 7.46. The Morgan fingerprint density at radius 1 is 0.885 bits per heavy atom. The number of nitrogens with zero attached hydrogens (tertiary/aromatic N) is 1. The van der Waals surface area contributed by atoms with Crippen molar-refractivity contribution in [1.82, 2.24) is 0 Å². The third-order valence-electron chi connectivity index (χ3n) is 4.38. The highest BCUT2D eigenvalue weighted by atomic mass is 35.5. The zero-order valence-corrected chi connectivity index (χ0v) is 16.0. The summed E-state index contributed by atoms with van der Waals surface area (Å²) in [5.41, 5.74) is 1.11. The van der Waals surface area contributed by atoms with Crippen LogP contribution in [0.4, 0.5) is 17.1 Å². The molecular formula is C19H19Cl2N3O2. The van der Waals surface area contributed by atoms with E-state index in [2.05, 4.69) is 10.6 Å². The Morgan fingerprint density at radius 2 is 1.38 bits per heavy atom. The van der Waals surface area contributed by atoms with Gasteiger partial charge in [-0.2, -0.15) is 0 Å².